The Kier molecular flexibility index (Phi) is 4.50. The summed E-state index contributed by atoms with van der Waals surface area (Å²) in [7, 11) is 0. The Balaban J connectivity index is 1.82. The largest absolute Gasteiger partial charge is 0.324 e. The Morgan fingerprint density at radius 3 is 2.91 bits per heavy atom. The summed E-state index contributed by atoms with van der Waals surface area (Å²) < 4.78 is 0. The van der Waals surface area contributed by atoms with E-state index in [1.54, 1.807) is 30.6 Å². The van der Waals surface area contributed by atoms with Gasteiger partial charge in [0.2, 0.25) is 11.9 Å². The molecule has 3 rings (SSSR count). The highest BCUT2D eigenvalue weighted by molar-refractivity contribution is 7.19. The van der Waals surface area contributed by atoms with Gasteiger partial charge in [0.1, 0.15) is 0 Å². The summed E-state index contributed by atoms with van der Waals surface area (Å²) in [5, 5.41) is 6.92. The van der Waals surface area contributed by atoms with E-state index in [-0.39, 0.29) is 5.91 Å². The van der Waals surface area contributed by atoms with Crippen molar-refractivity contribution in [3.63, 3.8) is 0 Å². The minimum Gasteiger partial charge on any atom is -0.324 e. The normalized spacial score (nSPS) is 10.3. The number of nitrogens with one attached hydrogen (secondary N) is 2. The van der Waals surface area contributed by atoms with Crippen LogP contribution < -0.4 is 10.6 Å². The molecule has 0 aliphatic rings. The Hall–Kier alpha value is -2.51. The van der Waals surface area contributed by atoms with Crippen LogP contribution in [-0.4, -0.2) is 20.9 Å². The molecular formula is C15H12ClN5OS. The molecule has 23 heavy (non-hydrogen) atoms. The van der Waals surface area contributed by atoms with E-state index in [1.807, 2.05) is 12.1 Å². The molecule has 0 radical (unpaired) electrons. The van der Waals surface area contributed by atoms with Gasteiger partial charge in [-0.15, -0.1) is 0 Å². The molecule has 1 amide bonds. The molecule has 0 fully saturated rings. The molecule has 2 heterocycles. The molecule has 2 N–H and O–H groups in total. The van der Waals surface area contributed by atoms with Crippen LogP contribution in [0.2, 0.25) is 5.02 Å². The van der Waals surface area contributed by atoms with Crippen molar-refractivity contribution in [1.82, 2.24) is 15.0 Å². The number of aromatic nitrogens is 3. The second-order valence-corrected chi connectivity index (χ2v) is 6.08. The standard InChI is InChI=1S/C15H12ClN5OS/c1-9(22)19-15-18-8-13(23-15)12-5-6-17-14(21-12)20-11-4-2-3-10(16)7-11/h2-8H,1H3,(H,17,20,21)(H,18,19,22). The molecule has 0 spiro atoms. The fraction of sp³-hybridized carbons (Fsp3) is 0.0667. The third-order valence-electron chi connectivity index (χ3n) is 2.78. The molecule has 1 aromatic carbocycles. The number of nitrogens with zero attached hydrogens (tertiary/aromatic N) is 3. The number of anilines is 3. The fourth-order valence-corrected chi connectivity index (χ4v) is 2.87. The van der Waals surface area contributed by atoms with Crippen LogP contribution in [0.3, 0.4) is 0 Å². The third kappa shape index (κ3) is 4.02. The van der Waals surface area contributed by atoms with Crippen LogP contribution >= 0.6 is 22.9 Å². The predicted molar refractivity (Wildman–Crippen MR) is 92.2 cm³/mol. The van der Waals surface area contributed by atoms with Crippen LogP contribution in [0.25, 0.3) is 10.6 Å². The van der Waals surface area contributed by atoms with Gasteiger partial charge in [-0.3, -0.25) is 4.79 Å². The van der Waals surface area contributed by atoms with E-state index in [1.165, 1.54) is 18.3 Å². The maximum absolute atomic E-state index is 11.1. The highest BCUT2D eigenvalue weighted by Gasteiger charge is 2.08. The van der Waals surface area contributed by atoms with Crippen molar-refractivity contribution in [2.45, 2.75) is 6.92 Å². The lowest BCUT2D eigenvalue weighted by atomic mass is 10.3. The van der Waals surface area contributed by atoms with E-state index in [9.17, 15) is 4.79 Å². The molecule has 0 bridgehead atoms. The number of carbonyl (C=O) groups is 1. The zero-order valence-electron chi connectivity index (χ0n) is 12.1. The van der Waals surface area contributed by atoms with Crippen molar-refractivity contribution in [3.05, 3.63) is 47.7 Å². The van der Waals surface area contributed by atoms with Gasteiger partial charge in [-0.25, -0.2) is 15.0 Å². The van der Waals surface area contributed by atoms with Gasteiger partial charge in [0.15, 0.2) is 5.13 Å². The van der Waals surface area contributed by atoms with E-state index in [2.05, 4.69) is 25.6 Å². The molecule has 0 aliphatic heterocycles. The Bertz CT molecular complexity index is 851. The van der Waals surface area contributed by atoms with Crippen molar-refractivity contribution in [2.75, 3.05) is 10.6 Å². The minimum atomic E-state index is -0.156. The minimum absolute atomic E-state index is 0.156. The number of benzene rings is 1. The van der Waals surface area contributed by atoms with Gasteiger partial charge >= 0.3 is 0 Å². The van der Waals surface area contributed by atoms with Crippen LogP contribution in [0, 0.1) is 0 Å². The Morgan fingerprint density at radius 1 is 1.26 bits per heavy atom. The lowest BCUT2D eigenvalue weighted by Crippen LogP contribution is -2.04. The van der Waals surface area contributed by atoms with Crippen molar-refractivity contribution in [2.24, 2.45) is 0 Å². The molecule has 2 aromatic heterocycles. The number of hydrogen-bond donors (Lipinski definition) is 2. The zero-order chi connectivity index (χ0) is 16.2. The van der Waals surface area contributed by atoms with E-state index in [4.69, 9.17) is 11.6 Å². The van der Waals surface area contributed by atoms with E-state index in [0.29, 0.717) is 16.1 Å². The molecule has 0 saturated carbocycles. The monoisotopic (exact) mass is 345 g/mol. The van der Waals surface area contributed by atoms with Crippen molar-refractivity contribution in [3.8, 4) is 10.6 Å². The zero-order valence-corrected chi connectivity index (χ0v) is 13.6. The summed E-state index contributed by atoms with van der Waals surface area (Å²) in [4.78, 5) is 24.7. The van der Waals surface area contributed by atoms with Crippen LogP contribution in [-0.2, 0) is 4.79 Å². The highest BCUT2D eigenvalue weighted by atomic mass is 35.5. The summed E-state index contributed by atoms with van der Waals surface area (Å²) in [6, 6.07) is 9.10. The average Bonchev–Trinajstić information content (AvgIpc) is 2.95. The van der Waals surface area contributed by atoms with Gasteiger partial charge < -0.3 is 10.6 Å². The molecule has 0 aliphatic carbocycles. The SMILES string of the molecule is CC(=O)Nc1ncc(-c2ccnc(Nc3cccc(Cl)c3)n2)s1. The first-order valence-corrected chi connectivity index (χ1v) is 7.89. The van der Waals surface area contributed by atoms with Gasteiger partial charge in [0.25, 0.3) is 0 Å². The first-order valence-electron chi connectivity index (χ1n) is 6.69. The molecule has 0 unspecified atom stereocenters. The maximum Gasteiger partial charge on any atom is 0.227 e. The lowest BCUT2D eigenvalue weighted by Gasteiger charge is -2.05. The van der Waals surface area contributed by atoms with Gasteiger partial charge in [0, 0.05) is 30.0 Å². The quantitative estimate of drug-likeness (QED) is 0.748. The van der Waals surface area contributed by atoms with Crippen LogP contribution in [0.15, 0.2) is 42.7 Å². The Morgan fingerprint density at radius 2 is 2.13 bits per heavy atom. The number of amides is 1. The third-order valence-corrected chi connectivity index (χ3v) is 3.95. The number of thiazole rings is 1. The summed E-state index contributed by atoms with van der Waals surface area (Å²) >= 11 is 7.31. The fourth-order valence-electron chi connectivity index (χ4n) is 1.85. The molecule has 6 nitrogen and oxygen atoms in total. The van der Waals surface area contributed by atoms with Gasteiger partial charge in [-0.1, -0.05) is 29.0 Å². The number of hydrogen-bond acceptors (Lipinski definition) is 6. The van der Waals surface area contributed by atoms with Crippen molar-refractivity contribution >= 4 is 45.6 Å². The van der Waals surface area contributed by atoms with Gasteiger partial charge in [-0.2, -0.15) is 0 Å². The van der Waals surface area contributed by atoms with Crippen LogP contribution in [0.1, 0.15) is 6.92 Å². The summed E-state index contributed by atoms with van der Waals surface area (Å²) in [5.74, 6) is 0.302. The molecule has 3 aromatic rings. The maximum atomic E-state index is 11.1. The number of rotatable bonds is 4. The molecule has 0 saturated heterocycles. The summed E-state index contributed by atoms with van der Waals surface area (Å²) in [5.41, 5.74) is 1.52. The first-order chi connectivity index (χ1) is 11.1. The topological polar surface area (TPSA) is 79.8 Å². The second kappa shape index (κ2) is 6.72. The number of carbonyl (C=O) groups excluding carboxylic acids is 1. The van der Waals surface area contributed by atoms with Crippen molar-refractivity contribution in [1.29, 1.82) is 0 Å². The van der Waals surface area contributed by atoms with Crippen LogP contribution in [0.5, 0.6) is 0 Å². The van der Waals surface area contributed by atoms with Crippen LogP contribution in [0.4, 0.5) is 16.8 Å². The molecule has 0 atom stereocenters. The van der Waals surface area contributed by atoms with E-state index in [0.717, 1.165) is 16.3 Å². The van der Waals surface area contributed by atoms with E-state index < -0.39 is 0 Å². The molecule has 116 valence electrons. The molecule has 8 heteroatoms. The summed E-state index contributed by atoms with van der Waals surface area (Å²) in [6.07, 6.45) is 3.33. The smallest absolute Gasteiger partial charge is 0.227 e. The molecular weight excluding hydrogens is 334 g/mol. The van der Waals surface area contributed by atoms with Gasteiger partial charge in [-0.05, 0) is 24.3 Å². The average molecular weight is 346 g/mol. The van der Waals surface area contributed by atoms with E-state index >= 15 is 0 Å². The van der Waals surface area contributed by atoms with Gasteiger partial charge in [0.05, 0.1) is 10.6 Å². The first kappa shape index (κ1) is 15.4. The second-order valence-electron chi connectivity index (χ2n) is 4.61. The lowest BCUT2D eigenvalue weighted by molar-refractivity contribution is -0.114. The summed E-state index contributed by atoms with van der Waals surface area (Å²) in [6.45, 7) is 1.44. The Labute approximate surface area is 141 Å². The highest BCUT2D eigenvalue weighted by Crippen LogP contribution is 2.28. The number of halogens is 1. The van der Waals surface area contributed by atoms with Crippen molar-refractivity contribution < 1.29 is 4.79 Å². The predicted octanol–water partition coefficient (Wildman–Crippen LogP) is 3.96.